The first-order valence-electron chi connectivity index (χ1n) is 3.97. The van der Waals surface area contributed by atoms with Crippen LogP contribution in [0.1, 0.15) is 35.4 Å². The van der Waals surface area contributed by atoms with E-state index >= 15 is 0 Å². The summed E-state index contributed by atoms with van der Waals surface area (Å²) in [5.41, 5.74) is 1.18. The topological polar surface area (TPSA) is 50.4 Å². The van der Waals surface area contributed by atoms with Crippen molar-refractivity contribution in [3.8, 4) is 0 Å². The van der Waals surface area contributed by atoms with E-state index in [4.69, 9.17) is 4.42 Å². The van der Waals surface area contributed by atoms with Crippen molar-refractivity contribution < 1.29 is 14.3 Å². The predicted octanol–water partition coefficient (Wildman–Crippen LogP) is 1.54. The number of carbonyl (C=O) groups is 1. The molecule has 3 nitrogen and oxygen atoms in total. The number of Topliss-reactive ketones (excluding diaryl/α,β-unsaturated/α-hetero) is 1. The fourth-order valence-corrected chi connectivity index (χ4v) is 1.58. The van der Waals surface area contributed by atoms with Crippen LogP contribution in [0.25, 0.3) is 0 Å². The minimum Gasteiger partial charge on any atom is -0.471 e. The Kier molecular flexibility index (Phi) is 1.54. The Bertz CT molecular complexity index is 313. The Morgan fingerprint density at radius 3 is 3.08 bits per heavy atom. The summed E-state index contributed by atoms with van der Waals surface area (Å²) in [5, 5.41) is 9.62. The second-order valence-electron chi connectivity index (χ2n) is 3.29. The first kappa shape index (κ1) is 7.55. The van der Waals surface area contributed by atoms with Gasteiger partial charge in [-0.05, 0) is 5.92 Å². The van der Waals surface area contributed by atoms with E-state index in [1.54, 1.807) is 0 Å². The van der Waals surface area contributed by atoms with Crippen LogP contribution in [0.15, 0.2) is 16.9 Å². The second kappa shape index (κ2) is 2.45. The van der Waals surface area contributed by atoms with Crippen LogP contribution in [0.2, 0.25) is 0 Å². The van der Waals surface area contributed by atoms with Gasteiger partial charge in [-0.15, -0.1) is 0 Å². The smallest absolute Gasteiger partial charge is 0.166 e. The van der Waals surface area contributed by atoms with Crippen LogP contribution in [0.5, 0.6) is 0 Å². The zero-order chi connectivity index (χ0) is 8.72. The first-order chi connectivity index (χ1) is 5.70. The molecule has 0 saturated carbocycles. The van der Waals surface area contributed by atoms with Crippen molar-refractivity contribution >= 4 is 5.78 Å². The molecule has 0 fully saturated rings. The fraction of sp³-hybridized carbons (Fsp3) is 0.444. The molecule has 64 valence electrons. The fourth-order valence-electron chi connectivity index (χ4n) is 1.58. The predicted molar refractivity (Wildman–Crippen MR) is 41.8 cm³/mol. The minimum atomic E-state index is -0.545. The third kappa shape index (κ3) is 0.898. The lowest BCUT2D eigenvalue weighted by Gasteiger charge is -2.22. The van der Waals surface area contributed by atoms with Crippen molar-refractivity contribution in [2.45, 2.75) is 19.4 Å². The van der Waals surface area contributed by atoms with E-state index in [1.165, 1.54) is 12.5 Å². The molecule has 0 saturated heterocycles. The van der Waals surface area contributed by atoms with E-state index in [2.05, 4.69) is 0 Å². The maximum absolute atomic E-state index is 11.3. The molecule has 0 aromatic carbocycles. The number of hydrogen-bond donors (Lipinski definition) is 1. The van der Waals surface area contributed by atoms with Gasteiger partial charge in [-0.25, -0.2) is 0 Å². The summed E-state index contributed by atoms with van der Waals surface area (Å²) in [7, 11) is 0. The normalized spacial score (nSPS) is 28.7. The average molecular weight is 166 g/mol. The number of aliphatic hydroxyl groups excluding tert-OH is 1. The summed E-state index contributed by atoms with van der Waals surface area (Å²) in [6, 6.07) is 0. The summed E-state index contributed by atoms with van der Waals surface area (Å²) in [6.07, 6.45) is 2.73. The highest BCUT2D eigenvalue weighted by molar-refractivity contribution is 5.98. The summed E-state index contributed by atoms with van der Waals surface area (Å²) < 4.78 is 4.88. The molecule has 0 bridgehead atoms. The maximum Gasteiger partial charge on any atom is 0.166 e. The molecule has 0 amide bonds. The van der Waals surface area contributed by atoms with Crippen molar-refractivity contribution in [1.82, 2.24) is 0 Å². The molecule has 1 aliphatic rings. The highest BCUT2D eigenvalue weighted by atomic mass is 16.3. The summed E-state index contributed by atoms with van der Waals surface area (Å²) in [5.74, 6) is 0.0687. The number of furan rings is 1. The van der Waals surface area contributed by atoms with Gasteiger partial charge in [0.15, 0.2) is 5.78 Å². The molecule has 1 aromatic rings. The zero-order valence-corrected chi connectivity index (χ0v) is 6.78. The summed E-state index contributed by atoms with van der Waals surface area (Å²) in [4.78, 5) is 11.3. The van der Waals surface area contributed by atoms with Crippen molar-refractivity contribution in [1.29, 1.82) is 0 Å². The Balaban J connectivity index is 2.49. The van der Waals surface area contributed by atoms with Crippen molar-refractivity contribution in [3.63, 3.8) is 0 Å². The van der Waals surface area contributed by atoms with Crippen LogP contribution in [0.4, 0.5) is 0 Å². The Morgan fingerprint density at radius 2 is 2.33 bits per heavy atom. The lowest BCUT2D eigenvalue weighted by Crippen LogP contribution is -2.21. The largest absolute Gasteiger partial charge is 0.471 e. The molecule has 12 heavy (non-hydrogen) atoms. The Hall–Kier alpha value is -1.09. The van der Waals surface area contributed by atoms with Crippen LogP contribution in [-0.2, 0) is 0 Å². The van der Waals surface area contributed by atoms with Gasteiger partial charge in [0, 0.05) is 12.0 Å². The molecule has 2 atom stereocenters. The number of ketones is 1. The van der Waals surface area contributed by atoms with Gasteiger partial charge in [-0.3, -0.25) is 4.79 Å². The Morgan fingerprint density at radius 1 is 1.58 bits per heavy atom. The van der Waals surface area contributed by atoms with E-state index in [0.717, 1.165) is 0 Å². The number of aliphatic hydroxyl groups is 1. The van der Waals surface area contributed by atoms with Gasteiger partial charge in [0.25, 0.3) is 0 Å². The van der Waals surface area contributed by atoms with Gasteiger partial charge >= 0.3 is 0 Å². The van der Waals surface area contributed by atoms with E-state index < -0.39 is 6.10 Å². The average Bonchev–Trinajstić information content (AvgIpc) is 2.48. The lowest BCUT2D eigenvalue weighted by molar-refractivity contribution is 0.0754. The molecule has 0 aliphatic heterocycles. The van der Waals surface area contributed by atoms with Gasteiger partial charge in [0.1, 0.15) is 6.26 Å². The van der Waals surface area contributed by atoms with Crippen molar-refractivity contribution in [2.75, 3.05) is 0 Å². The van der Waals surface area contributed by atoms with Gasteiger partial charge in [0.2, 0.25) is 0 Å². The molecule has 1 heterocycles. The second-order valence-corrected chi connectivity index (χ2v) is 3.29. The van der Waals surface area contributed by atoms with Gasteiger partial charge in [0.05, 0.1) is 17.9 Å². The number of hydrogen-bond acceptors (Lipinski definition) is 3. The molecule has 3 heteroatoms. The minimum absolute atomic E-state index is 0.00241. The van der Waals surface area contributed by atoms with E-state index in [9.17, 15) is 9.90 Å². The SMILES string of the molecule is CC1CC(=O)c2cocc2C1O. The highest BCUT2D eigenvalue weighted by Gasteiger charge is 2.31. The van der Waals surface area contributed by atoms with E-state index in [0.29, 0.717) is 17.5 Å². The molecular formula is C9H10O3. The molecule has 0 spiro atoms. The van der Waals surface area contributed by atoms with Gasteiger partial charge < -0.3 is 9.52 Å². The van der Waals surface area contributed by atoms with Crippen LogP contribution < -0.4 is 0 Å². The lowest BCUT2D eigenvalue weighted by atomic mass is 9.84. The van der Waals surface area contributed by atoms with Crippen LogP contribution in [0, 0.1) is 5.92 Å². The van der Waals surface area contributed by atoms with Crippen LogP contribution in [0.3, 0.4) is 0 Å². The first-order valence-corrected chi connectivity index (χ1v) is 3.97. The number of rotatable bonds is 0. The maximum atomic E-state index is 11.3. The zero-order valence-electron chi connectivity index (χ0n) is 6.78. The quantitative estimate of drug-likeness (QED) is 0.636. The van der Waals surface area contributed by atoms with E-state index in [1.807, 2.05) is 6.92 Å². The van der Waals surface area contributed by atoms with Crippen LogP contribution >= 0.6 is 0 Å². The third-order valence-electron chi connectivity index (χ3n) is 2.36. The number of fused-ring (bicyclic) bond motifs is 1. The molecule has 1 aromatic heterocycles. The molecule has 1 aliphatic carbocycles. The molecule has 1 N–H and O–H groups in total. The molecule has 0 radical (unpaired) electrons. The van der Waals surface area contributed by atoms with Crippen molar-refractivity contribution in [3.05, 3.63) is 23.7 Å². The van der Waals surface area contributed by atoms with Gasteiger partial charge in [-0.2, -0.15) is 0 Å². The van der Waals surface area contributed by atoms with E-state index in [-0.39, 0.29) is 11.7 Å². The standard InChI is InChI=1S/C9H10O3/c1-5-2-8(10)6-3-12-4-7(6)9(5)11/h3-5,9,11H,2H2,1H3. The van der Waals surface area contributed by atoms with Crippen molar-refractivity contribution in [2.24, 2.45) is 5.92 Å². The van der Waals surface area contributed by atoms with Crippen LogP contribution in [-0.4, -0.2) is 10.9 Å². The third-order valence-corrected chi connectivity index (χ3v) is 2.36. The monoisotopic (exact) mass is 166 g/mol. The molecular weight excluding hydrogens is 156 g/mol. The molecule has 2 rings (SSSR count). The summed E-state index contributed by atoms with van der Waals surface area (Å²) in [6.45, 7) is 1.86. The highest BCUT2D eigenvalue weighted by Crippen LogP contribution is 2.34. The Labute approximate surface area is 70.0 Å². The summed E-state index contributed by atoms with van der Waals surface area (Å²) >= 11 is 0. The molecule has 2 unspecified atom stereocenters. The number of carbonyl (C=O) groups excluding carboxylic acids is 1. The van der Waals surface area contributed by atoms with Gasteiger partial charge in [-0.1, -0.05) is 6.92 Å².